The average Bonchev–Trinajstić information content (AvgIpc) is 3.04. The van der Waals surface area contributed by atoms with Crippen LogP contribution in [0, 0.1) is 13.8 Å². The Kier molecular flexibility index (Phi) is 4.75. The van der Waals surface area contributed by atoms with Crippen molar-refractivity contribution >= 4 is 35.3 Å². The molecule has 4 amide bonds. The number of hydrogen-bond acceptors (Lipinski definition) is 5. The highest BCUT2D eigenvalue weighted by Gasteiger charge is 2.31. The van der Waals surface area contributed by atoms with Crippen molar-refractivity contribution in [1.29, 1.82) is 0 Å². The van der Waals surface area contributed by atoms with E-state index >= 15 is 0 Å². The van der Waals surface area contributed by atoms with Crippen molar-refractivity contribution in [3.63, 3.8) is 0 Å². The summed E-state index contributed by atoms with van der Waals surface area (Å²) in [4.78, 5) is 36.8. The number of para-hydroxylation sites is 1. The zero-order valence-corrected chi connectivity index (χ0v) is 14.5. The molecule has 1 aliphatic heterocycles. The summed E-state index contributed by atoms with van der Waals surface area (Å²) in [5.74, 6) is -0.844. The van der Waals surface area contributed by atoms with Gasteiger partial charge in [-0.25, -0.2) is 4.79 Å². The van der Waals surface area contributed by atoms with Gasteiger partial charge in [0.2, 0.25) is 5.91 Å². The van der Waals surface area contributed by atoms with Crippen LogP contribution in [0.3, 0.4) is 0 Å². The van der Waals surface area contributed by atoms with Crippen molar-refractivity contribution in [3.05, 3.63) is 35.7 Å². The molecule has 9 heteroatoms. The topological polar surface area (TPSA) is 116 Å². The van der Waals surface area contributed by atoms with Crippen LogP contribution in [0.25, 0.3) is 0 Å². The highest BCUT2D eigenvalue weighted by atomic mass is 32.2. The lowest BCUT2D eigenvalue weighted by atomic mass is 10.2. The molecular formula is C16H17N5O3S. The zero-order valence-electron chi connectivity index (χ0n) is 13.7. The number of aryl methyl sites for hydroxylation is 2. The maximum Gasteiger partial charge on any atom is 0.322 e. The van der Waals surface area contributed by atoms with Crippen LogP contribution in [0.4, 0.5) is 10.5 Å². The minimum Gasteiger partial charge on any atom is -0.325 e. The molecule has 130 valence electrons. The van der Waals surface area contributed by atoms with Gasteiger partial charge in [-0.15, -0.1) is 0 Å². The van der Waals surface area contributed by atoms with Crippen molar-refractivity contribution < 1.29 is 14.4 Å². The van der Waals surface area contributed by atoms with Crippen molar-refractivity contribution in [2.75, 3.05) is 5.32 Å². The molecule has 1 atom stereocenters. The number of H-pyrrole nitrogens is 1. The number of aromatic nitrogens is 2. The van der Waals surface area contributed by atoms with Crippen molar-refractivity contribution in [3.8, 4) is 0 Å². The van der Waals surface area contributed by atoms with Crippen LogP contribution in [-0.2, 0) is 9.59 Å². The summed E-state index contributed by atoms with van der Waals surface area (Å²) >= 11 is 1.50. The molecule has 1 aliphatic rings. The second kappa shape index (κ2) is 6.98. The Morgan fingerprint density at radius 1 is 1.28 bits per heavy atom. The third-order valence-electron chi connectivity index (χ3n) is 3.68. The summed E-state index contributed by atoms with van der Waals surface area (Å²) in [7, 11) is 0. The number of urea groups is 1. The molecule has 0 radical (unpaired) electrons. The summed E-state index contributed by atoms with van der Waals surface area (Å²) < 4.78 is 0. The van der Waals surface area contributed by atoms with E-state index in [4.69, 9.17) is 0 Å². The number of carbonyl (C=O) groups is 3. The fourth-order valence-electron chi connectivity index (χ4n) is 2.45. The predicted molar refractivity (Wildman–Crippen MR) is 92.3 cm³/mol. The monoisotopic (exact) mass is 359 g/mol. The van der Waals surface area contributed by atoms with Gasteiger partial charge in [-0.2, -0.15) is 5.10 Å². The smallest absolute Gasteiger partial charge is 0.322 e. The standard InChI is InChI=1S/C16H17N5O3S/c1-8-14(9(2)21-20-8)25-12-6-4-3-5-10(12)17-13(22)7-11-15(23)19-16(24)18-11/h3-6,11H,7H2,1-2H3,(H,17,22)(H,20,21)(H2,18,19,23,24). The maximum atomic E-state index is 12.2. The lowest BCUT2D eigenvalue weighted by Crippen LogP contribution is -2.33. The number of nitrogens with one attached hydrogen (secondary N) is 4. The van der Waals surface area contributed by atoms with Crippen molar-refractivity contribution in [2.24, 2.45) is 0 Å². The first-order valence-corrected chi connectivity index (χ1v) is 8.45. The highest BCUT2D eigenvalue weighted by molar-refractivity contribution is 7.99. The summed E-state index contributed by atoms with van der Waals surface area (Å²) in [6, 6.07) is 5.97. The molecular weight excluding hydrogens is 342 g/mol. The van der Waals surface area contributed by atoms with Crippen LogP contribution in [0.1, 0.15) is 17.8 Å². The molecule has 0 saturated carbocycles. The number of hydrogen-bond donors (Lipinski definition) is 4. The first-order chi connectivity index (χ1) is 11.9. The molecule has 1 saturated heterocycles. The van der Waals surface area contributed by atoms with Crippen molar-refractivity contribution in [2.45, 2.75) is 36.1 Å². The fraction of sp³-hybridized carbons (Fsp3) is 0.250. The molecule has 8 nitrogen and oxygen atoms in total. The Morgan fingerprint density at radius 2 is 2.04 bits per heavy atom. The van der Waals surface area contributed by atoms with Gasteiger partial charge in [0, 0.05) is 10.6 Å². The molecule has 0 aliphatic carbocycles. The number of benzene rings is 1. The summed E-state index contributed by atoms with van der Waals surface area (Å²) in [5, 5.41) is 14.4. The third kappa shape index (κ3) is 3.82. The molecule has 0 spiro atoms. The maximum absolute atomic E-state index is 12.2. The Balaban J connectivity index is 1.72. The van der Waals surface area contributed by atoms with Crippen LogP contribution >= 0.6 is 11.8 Å². The van der Waals surface area contributed by atoms with Gasteiger partial charge in [0.25, 0.3) is 5.91 Å². The highest BCUT2D eigenvalue weighted by Crippen LogP contribution is 2.36. The number of nitrogens with zero attached hydrogens (tertiary/aromatic N) is 1. The molecule has 1 unspecified atom stereocenters. The molecule has 2 aromatic rings. The van der Waals surface area contributed by atoms with Gasteiger partial charge >= 0.3 is 6.03 Å². The first-order valence-electron chi connectivity index (χ1n) is 7.63. The first kappa shape index (κ1) is 17.0. The van der Waals surface area contributed by atoms with Gasteiger partial charge in [0.15, 0.2) is 0 Å². The van der Waals surface area contributed by atoms with E-state index in [1.54, 1.807) is 6.07 Å². The van der Waals surface area contributed by atoms with Gasteiger partial charge in [-0.3, -0.25) is 20.0 Å². The quantitative estimate of drug-likeness (QED) is 0.607. The average molecular weight is 359 g/mol. The van der Waals surface area contributed by atoms with Gasteiger partial charge < -0.3 is 10.6 Å². The molecule has 3 rings (SSSR count). The Bertz CT molecular complexity index is 829. The summed E-state index contributed by atoms with van der Waals surface area (Å²) in [6.07, 6.45) is -0.125. The van der Waals surface area contributed by atoms with Crippen LogP contribution in [-0.4, -0.2) is 34.1 Å². The fourth-order valence-corrected chi connectivity index (χ4v) is 3.44. The number of amides is 4. The van der Waals surface area contributed by atoms with Gasteiger partial charge in [0.1, 0.15) is 6.04 Å². The molecule has 1 aromatic carbocycles. The molecule has 2 heterocycles. The molecule has 1 fully saturated rings. The van der Waals surface area contributed by atoms with Gasteiger partial charge in [-0.05, 0) is 26.0 Å². The number of anilines is 1. The Morgan fingerprint density at radius 3 is 2.68 bits per heavy atom. The van der Waals surface area contributed by atoms with Crippen LogP contribution in [0.2, 0.25) is 0 Å². The third-order valence-corrected chi connectivity index (χ3v) is 5.06. The largest absolute Gasteiger partial charge is 0.325 e. The van der Waals surface area contributed by atoms with Crippen molar-refractivity contribution in [1.82, 2.24) is 20.8 Å². The zero-order chi connectivity index (χ0) is 18.0. The summed E-state index contributed by atoms with van der Waals surface area (Å²) in [6.45, 7) is 3.85. The van der Waals surface area contributed by atoms with Crippen LogP contribution in [0.5, 0.6) is 0 Å². The van der Waals surface area contributed by atoms with Crippen LogP contribution in [0.15, 0.2) is 34.1 Å². The number of imide groups is 1. The Hall–Kier alpha value is -2.81. The van der Waals surface area contributed by atoms with E-state index in [9.17, 15) is 14.4 Å². The lowest BCUT2D eigenvalue weighted by Gasteiger charge is -2.12. The second-order valence-corrected chi connectivity index (χ2v) is 6.68. The minimum absolute atomic E-state index is 0.125. The lowest BCUT2D eigenvalue weighted by molar-refractivity contribution is -0.124. The van der Waals surface area contributed by atoms with E-state index in [0.29, 0.717) is 5.69 Å². The van der Waals surface area contributed by atoms with E-state index in [1.165, 1.54) is 11.8 Å². The van der Waals surface area contributed by atoms with E-state index in [0.717, 1.165) is 21.2 Å². The van der Waals surface area contributed by atoms with E-state index in [2.05, 4.69) is 26.1 Å². The molecule has 25 heavy (non-hydrogen) atoms. The number of carbonyl (C=O) groups excluding carboxylic acids is 3. The van der Waals surface area contributed by atoms with Crippen LogP contribution < -0.4 is 16.0 Å². The van der Waals surface area contributed by atoms with E-state index in [-0.39, 0.29) is 12.3 Å². The minimum atomic E-state index is -0.842. The van der Waals surface area contributed by atoms with Gasteiger partial charge in [-0.1, -0.05) is 23.9 Å². The Labute approximate surface area is 148 Å². The predicted octanol–water partition coefficient (Wildman–Crippen LogP) is 1.71. The number of aromatic amines is 1. The molecule has 4 N–H and O–H groups in total. The number of rotatable bonds is 5. The molecule has 1 aromatic heterocycles. The molecule has 0 bridgehead atoms. The van der Waals surface area contributed by atoms with Gasteiger partial charge in [0.05, 0.1) is 22.7 Å². The summed E-state index contributed by atoms with van der Waals surface area (Å²) in [5.41, 5.74) is 2.48. The van der Waals surface area contributed by atoms with E-state index in [1.807, 2.05) is 32.0 Å². The van der Waals surface area contributed by atoms with E-state index < -0.39 is 18.0 Å². The normalized spacial score (nSPS) is 16.5. The second-order valence-electron chi connectivity index (χ2n) is 5.63. The SMILES string of the molecule is Cc1n[nH]c(C)c1Sc1ccccc1NC(=O)CC1NC(=O)NC1=O.